The molecule has 0 aromatic carbocycles. The van der Waals surface area contributed by atoms with Gasteiger partial charge in [0.1, 0.15) is 0 Å². The number of rotatable bonds is 3. The van der Waals surface area contributed by atoms with Crippen molar-refractivity contribution in [1.29, 1.82) is 0 Å². The highest BCUT2D eigenvalue weighted by molar-refractivity contribution is 9.09. The van der Waals surface area contributed by atoms with Crippen LogP contribution in [0.15, 0.2) is 0 Å². The molecule has 88 valence electrons. The molecule has 1 nitrogen and oxygen atoms in total. The number of hydrogen-bond acceptors (Lipinski definition) is 1. The van der Waals surface area contributed by atoms with Crippen LogP contribution in [0.3, 0.4) is 0 Å². The zero-order valence-corrected chi connectivity index (χ0v) is 11.4. The summed E-state index contributed by atoms with van der Waals surface area (Å²) in [7, 11) is 0. The molecule has 2 saturated carbocycles. The summed E-state index contributed by atoms with van der Waals surface area (Å²) in [5, 5.41) is 0. The third-order valence-electron chi connectivity index (χ3n) is 4.24. The number of halogens is 1. The molecule has 2 heteroatoms. The average Bonchev–Trinajstić information content (AvgIpc) is 2.51. The van der Waals surface area contributed by atoms with Gasteiger partial charge in [-0.3, -0.25) is 0 Å². The van der Waals surface area contributed by atoms with Crippen molar-refractivity contribution in [1.82, 2.24) is 0 Å². The minimum Gasteiger partial charge on any atom is -0.378 e. The van der Waals surface area contributed by atoms with Gasteiger partial charge in [-0.05, 0) is 25.7 Å². The SMILES string of the molecule is CCCOC1CC(Br)C12CCCCCC2. The first-order chi connectivity index (χ1) is 7.29. The fraction of sp³-hybridized carbons (Fsp3) is 1.00. The minimum absolute atomic E-state index is 0.506. The van der Waals surface area contributed by atoms with E-state index in [0.29, 0.717) is 11.5 Å². The Balaban J connectivity index is 1.95. The number of hydrogen-bond donors (Lipinski definition) is 0. The van der Waals surface area contributed by atoms with Gasteiger partial charge >= 0.3 is 0 Å². The fourth-order valence-electron chi connectivity index (χ4n) is 3.21. The summed E-state index contributed by atoms with van der Waals surface area (Å²) < 4.78 is 6.02. The van der Waals surface area contributed by atoms with Crippen LogP contribution in [-0.4, -0.2) is 17.5 Å². The molecule has 0 aromatic heterocycles. The Kier molecular flexibility index (Phi) is 4.11. The first kappa shape index (κ1) is 11.9. The molecule has 2 aliphatic carbocycles. The summed E-state index contributed by atoms with van der Waals surface area (Å²) in [6.45, 7) is 3.15. The summed E-state index contributed by atoms with van der Waals surface area (Å²) in [4.78, 5) is 0.727. The number of alkyl halides is 1. The monoisotopic (exact) mass is 274 g/mol. The van der Waals surface area contributed by atoms with Gasteiger partial charge in [0.25, 0.3) is 0 Å². The van der Waals surface area contributed by atoms with E-state index in [9.17, 15) is 0 Å². The second kappa shape index (κ2) is 5.18. The van der Waals surface area contributed by atoms with E-state index in [2.05, 4.69) is 22.9 Å². The van der Waals surface area contributed by atoms with Gasteiger partial charge in [-0.1, -0.05) is 48.5 Å². The predicted octanol–water partition coefficient (Wildman–Crippen LogP) is 4.29. The largest absolute Gasteiger partial charge is 0.378 e. The summed E-state index contributed by atoms with van der Waals surface area (Å²) in [6, 6.07) is 0. The highest BCUT2D eigenvalue weighted by atomic mass is 79.9. The molecule has 2 unspecified atom stereocenters. The van der Waals surface area contributed by atoms with Gasteiger partial charge < -0.3 is 4.74 Å². The molecule has 0 N–H and O–H groups in total. The van der Waals surface area contributed by atoms with Crippen molar-refractivity contribution in [3.63, 3.8) is 0 Å². The van der Waals surface area contributed by atoms with Crippen molar-refractivity contribution in [3.8, 4) is 0 Å². The summed E-state index contributed by atoms with van der Waals surface area (Å²) in [5.41, 5.74) is 0.506. The third-order valence-corrected chi connectivity index (χ3v) is 5.53. The Hall–Kier alpha value is 0.440. The first-order valence-electron chi connectivity index (χ1n) is 6.55. The lowest BCUT2D eigenvalue weighted by Crippen LogP contribution is -2.55. The van der Waals surface area contributed by atoms with Crippen LogP contribution in [-0.2, 0) is 4.74 Å². The highest BCUT2D eigenvalue weighted by Crippen LogP contribution is 2.55. The number of ether oxygens (including phenoxy) is 1. The Morgan fingerprint density at radius 3 is 2.40 bits per heavy atom. The molecule has 0 bridgehead atoms. The molecular weight excluding hydrogens is 252 g/mol. The van der Waals surface area contributed by atoms with Crippen LogP contribution in [0.25, 0.3) is 0 Å². The maximum Gasteiger partial charge on any atom is 0.0652 e. The molecule has 0 amide bonds. The molecule has 0 radical (unpaired) electrons. The van der Waals surface area contributed by atoms with E-state index < -0.39 is 0 Å². The molecule has 15 heavy (non-hydrogen) atoms. The quantitative estimate of drug-likeness (QED) is 0.698. The summed E-state index contributed by atoms with van der Waals surface area (Å²) in [6.07, 6.45) is 11.4. The van der Waals surface area contributed by atoms with Crippen molar-refractivity contribution < 1.29 is 4.74 Å². The average molecular weight is 275 g/mol. The normalized spacial score (nSPS) is 34.8. The van der Waals surface area contributed by atoms with E-state index in [1.807, 2.05) is 0 Å². The molecular formula is C13H23BrO. The van der Waals surface area contributed by atoms with Gasteiger partial charge in [0.2, 0.25) is 0 Å². The van der Waals surface area contributed by atoms with Crippen molar-refractivity contribution >= 4 is 15.9 Å². The van der Waals surface area contributed by atoms with Crippen LogP contribution in [0.2, 0.25) is 0 Å². The molecule has 2 atom stereocenters. The lowest BCUT2D eigenvalue weighted by atomic mass is 9.61. The first-order valence-corrected chi connectivity index (χ1v) is 7.47. The van der Waals surface area contributed by atoms with E-state index in [1.54, 1.807) is 0 Å². The molecule has 1 spiro atoms. The summed E-state index contributed by atoms with van der Waals surface area (Å²) >= 11 is 3.87. The van der Waals surface area contributed by atoms with Crippen molar-refractivity contribution in [2.45, 2.75) is 69.2 Å². The van der Waals surface area contributed by atoms with Gasteiger partial charge in [-0.25, -0.2) is 0 Å². The maximum absolute atomic E-state index is 6.02. The van der Waals surface area contributed by atoms with Gasteiger partial charge in [-0.15, -0.1) is 0 Å². The van der Waals surface area contributed by atoms with Crippen molar-refractivity contribution in [2.75, 3.05) is 6.61 Å². The standard InChI is InChI=1S/C13H23BrO/c1-2-9-15-12-10-11(14)13(12)7-5-3-4-6-8-13/h11-12H,2-10H2,1H3. The smallest absolute Gasteiger partial charge is 0.0652 e. The zero-order valence-electron chi connectivity index (χ0n) is 9.80. The van der Waals surface area contributed by atoms with Crippen LogP contribution in [0, 0.1) is 5.41 Å². The predicted molar refractivity (Wildman–Crippen MR) is 67.5 cm³/mol. The molecule has 2 rings (SSSR count). The third kappa shape index (κ3) is 2.26. The van der Waals surface area contributed by atoms with E-state index >= 15 is 0 Å². The Morgan fingerprint density at radius 1 is 1.20 bits per heavy atom. The topological polar surface area (TPSA) is 9.23 Å². The van der Waals surface area contributed by atoms with Crippen LogP contribution >= 0.6 is 15.9 Å². The van der Waals surface area contributed by atoms with Gasteiger partial charge in [-0.2, -0.15) is 0 Å². The van der Waals surface area contributed by atoms with E-state index in [0.717, 1.165) is 17.9 Å². The zero-order chi connectivity index (χ0) is 10.7. The van der Waals surface area contributed by atoms with Gasteiger partial charge in [0, 0.05) is 16.8 Å². The van der Waals surface area contributed by atoms with Crippen LogP contribution in [0.5, 0.6) is 0 Å². The summed E-state index contributed by atoms with van der Waals surface area (Å²) in [5.74, 6) is 0. The van der Waals surface area contributed by atoms with Crippen LogP contribution < -0.4 is 0 Å². The van der Waals surface area contributed by atoms with Crippen LogP contribution in [0.4, 0.5) is 0 Å². The molecule has 0 saturated heterocycles. The lowest BCUT2D eigenvalue weighted by Gasteiger charge is -2.53. The van der Waals surface area contributed by atoms with Crippen LogP contribution in [0.1, 0.15) is 58.3 Å². The van der Waals surface area contributed by atoms with Crippen molar-refractivity contribution in [2.24, 2.45) is 5.41 Å². The highest BCUT2D eigenvalue weighted by Gasteiger charge is 2.53. The molecule has 2 fully saturated rings. The second-order valence-electron chi connectivity index (χ2n) is 5.21. The Labute approximate surface area is 102 Å². The van der Waals surface area contributed by atoms with E-state index in [4.69, 9.17) is 4.74 Å². The maximum atomic E-state index is 6.02. The van der Waals surface area contributed by atoms with Gasteiger partial charge in [0.15, 0.2) is 0 Å². The molecule has 2 aliphatic rings. The Morgan fingerprint density at radius 2 is 1.87 bits per heavy atom. The van der Waals surface area contributed by atoms with E-state index in [-0.39, 0.29) is 0 Å². The lowest BCUT2D eigenvalue weighted by molar-refractivity contribution is -0.111. The second-order valence-corrected chi connectivity index (χ2v) is 6.32. The van der Waals surface area contributed by atoms with Gasteiger partial charge in [0.05, 0.1) is 6.10 Å². The molecule has 0 aliphatic heterocycles. The minimum atomic E-state index is 0.506. The molecule has 0 heterocycles. The fourth-order valence-corrected chi connectivity index (χ4v) is 4.31. The molecule has 0 aromatic rings. The van der Waals surface area contributed by atoms with E-state index in [1.165, 1.54) is 44.9 Å². The Bertz CT molecular complexity index is 197. The van der Waals surface area contributed by atoms with Crippen molar-refractivity contribution in [3.05, 3.63) is 0 Å².